The number of alkyl halides is 5. The van der Waals surface area contributed by atoms with Gasteiger partial charge in [0.15, 0.2) is 0 Å². The molecule has 1 fully saturated rings. The molecule has 16 heavy (non-hydrogen) atoms. The Hall–Kier alpha value is -0.240. The van der Waals surface area contributed by atoms with Crippen molar-refractivity contribution in [3.63, 3.8) is 0 Å². The monoisotopic (exact) mass is 270 g/mol. The van der Waals surface area contributed by atoms with Crippen LogP contribution in [0.25, 0.3) is 0 Å². The van der Waals surface area contributed by atoms with Gasteiger partial charge in [0, 0.05) is 6.42 Å². The van der Waals surface area contributed by atoms with Gasteiger partial charge in [0.25, 0.3) is 5.85 Å². The second-order valence-corrected chi connectivity index (χ2v) is 4.52. The smallest absolute Gasteiger partial charge is 0.302 e. The lowest BCUT2D eigenvalue weighted by Gasteiger charge is -2.29. The summed E-state index contributed by atoms with van der Waals surface area (Å²) in [7, 11) is -5.38. The lowest BCUT2D eigenvalue weighted by molar-refractivity contribution is -0.360. The van der Waals surface area contributed by atoms with Crippen LogP contribution in [-0.4, -0.2) is 22.8 Å². The summed E-state index contributed by atoms with van der Waals surface area (Å²) in [4.78, 5) is 8.59. The molecule has 1 N–H and O–H groups in total. The van der Waals surface area contributed by atoms with E-state index in [9.17, 15) is 26.5 Å². The Labute approximate surface area is 87.0 Å². The molecular weight excluding hydrogens is 262 g/mol. The molecule has 96 valence electrons. The summed E-state index contributed by atoms with van der Waals surface area (Å²) < 4.78 is 81.1. The Bertz CT molecular complexity index is 333. The second kappa shape index (κ2) is 3.63. The highest BCUT2D eigenvalue weighted by atomic mass is 31.2. The van der Waals surface area contributed by atoms with E-state index in [1.54, 1.807) is 0 Å². The van der Waals surface area contributed by atoms with Crippen LogP contribution in [0, 0.1) is 0 Å². The van der Waals surface area contributed by atoms with Crippen LogP contribution in [0.3, 0.4) is 0 Å². The van der Waals surface area contributed by atoms with Crippen molar-refractivity contribution in [3.8, 4) is 0 Å². The van der Waals surface area contributed by atoms with E-state index < -0.39 is 32.1 Å². The average Bonchev–Trinajstić information content (AvgIpc) is 2.17. The summed E-state index contributed by atoms with van der Waals surface area (Å²) in [5.41, 5.74) is 0. The van der Waals surface area contributed by atoms with E-state index in [1.165, 1.54) is 6.92 Å². The first-order valence-electron chi connectivity index (χ1n) is 4.16. The molecule has 1 aliphatic heterocycles. The largest absolute Gasteiger partial charge is 0.478 e. The Morgan fingerprint density at radius 2 is 1.81 bits per heavy atom. The predicted octanol–water partition coefficient (Wildman–Crippen LogP) is 2.83. The van der Waals surface area contributed by atoms with Gasteiger partial charge >= 0.3 is 19.9 Å². The third-order valence-corrected chi connectivity index (χ3v) is 2.92. The molecule has 3 atom stereocenters. The van der Waals surface area contributed by atoms with Crippen LogP contribution in [0.4, 0.5) is 22.0 Å². The number of halogens is 5. The molecular formula is C6H8F5O4P. The second-order valence-electron chi connectivity index (χ2n) is 3.22. The Morgan fingerprint density at radius 3 is 2.19 bits per heavy atom. The average molecular weight is 270 g/mol. The molecule has 3 unspecified atom stereocenters. The van der Waals surface area contributed by atoms with Crippen LogP contribution < -0.4 is 0 Å². The normalized spacial score (nSPS) is 44.9. The lowest BCUT2D eigenvalue weighted by atomic mass is 10.0. The van der Waals surface area contributed by atoms with E-state index in [1.807, 2.05) is 0 Å². The lowest BCUT2D eigenvalue weighted by Crippen LogP contribution is -2.55. The third-order valence-electron chi connectivity index (χ3n) is 1.92. The van der Waals surface area contributed by atoms with Crippen molar-refractivity contribution in [1.82, 2.24) is 0 Å². The van der Waals surface area contributed by atoms with Crippen molar-refractivity contribution >= 4 is 7.82 Å². The van der Waals surface area contributed by atoms with Crippen molar-refractivity contribution in [2.24, 2.45) is 0 Å². The number of hydrogen-bond donors (Lipinski definition) is 1. The van der Waals surface area contributed by atoms with Crippen molar-refractivity contribution < 1.29 is 40.5 Å². The summed E-state index contributed by atoms with van der Waals surface area (Å²) in [5, 5.41) is 0. The predicted molar refractivity (Wildman–Crippen MR) is 40.6 cm³/mol. The Kier molecular flexibility index (Phi) is 3.13. The molecule has 10 heteroatoms. The van der Waals surface area contributed by atoms with Gasteiger partial charge in [-0.15, -0.1) is 0 Å². The minimum atomic E-state index is -5.81. The van der Waals surface area contributed by atoms with Gasteiger partial charge in [-0.1, -0.05) is 13.3 Å². The van der Waals surface area contributed by atoms with E-state index in [0.717, 1.165) is 0 Å². The summed E-state index contributed by atoms with van der Waals surface area (Å²) in [6, 6.07) is 0. The molecule has 0 spiro atoms. The maximum absolute atomic E-state index is 13.6. The van der Waals surface area contributed by atoms with E-state index in [4.69, 9.17) is 4.89 Å². The SMILES string of the molecule is CCCC1(F)OP(=O)(O)OC1(F)C(F)(F)F. The van der Waals surface area contributed by atoms with Crippen LogP contribution in [0.5, 0.6) is 0 Å². The van der Waals surface area contributed by atoms with Gasteiger partial charge < -0.3 is 4.89 Å². The fourth-order valence-corrected chi connectivity index (χ4v) is 2.45. The fraction of sp³-hybridized carbons (Fsp3) is 1.00. The third kappa shape index (κ3) is 1.97. The summed E-state index contributed by atoms with van der Waals surface area (Å²) >= 11 is 0. The van der Waals surface area contributed by atoms with Crippen LogP contribution in [-0.2, 0) is 13.6 Å². The van der Waals surface area contributed by atoms with Crippen LogP contribution in [0.15, 0.2) is 0 Å². The first-order chi connectivity index (χ1) is 6.97. The highest BCUT2D eigenvalue weighted by molar-refractivity contribution is 7.47. The van der Waals surface area contributed by atoms with Gasteiger partial charge in [-0.05, 0) is 0 Å². The summed E-state index contributed by atoms with van der Waals surface area (Å²) in [6.07, 6.45) is -7.11. The number of phosphoric ester groups is 1. The van der Waals surface area contributed by atoms with Crippen LogP contribution in [0.1, 0.15) is 19.8 Å². The van der Waals surface area contributed by atoms with Gasteiger partial charge in [0.1, 0.15) is 0 Å². The van der Waals surface area contributed by atoms with Crippen molar-refractivity contribution in [2.45, 2.75) is 37.7 Å². The van der Waals surface area contributed by atoms with E-state index in [-0.39, 0.29) is 6.42 Å². The van der Waals surface area contributed by atoms with Crippen LogP contribution >= 0.6 is 7.82 Å². The molecule has 0 saturated carbocycles. The molecule has 0 aromatic rings. The molecule has 0 radical (unpaired) electrons. The van der Waals surface area contributed by atoms with E-state index in [2.05, 4.69) is 9.05 Å². The Morgan fingerprint density at radius 1 is 1.31 bits per heavy atom. The number of hydrogen-bond acceptors (Lipinski definition) is 3. The summed E-state index contributed by atoms with van der Waals surface area (Å²) in [5.74, 6) is -8.94. The number of rotatable bonds is 2. The molecule has 0 bridgehead atoms. The Balaban J connectivity index is 3.20. The van der Waals surface area contributed by atoms with Gasteiger partial charge in [0.05, 0.1) is 0 Å². The molecule has 0 aliphatic carbocycles. The first kappa shape index (κ1) is 13.8. The van der Waals surface area contributed by atoms with Crippen molar-refractivity contribution in [3.05, 3.63) is 0 Å². The molecule has 1 rings (SSSR count). The quantitative estimate of drug-likeness (QED) is 0.619. The minimum absolute atomic E-state index is 0.235. The zero-order valence-electron chi connectivity index (χ0n) is 7.92. The van der Waals surface area contributed by atoms with E-state index >= 15 is 0 Å². The van der Waals surface area contributed by atoms with E-state index in [0.29, 0.717) is 0 Å². The first-order valence-corrected chi connectivity index (χ1v) is 5.66. The van der Waals surface area contributed by atoms with Crippen LogP contribution in [0.2, 0.25) is 0 Å². The summed E-state index contributed by atoms with van der Waals surface area (Å²) in [6.45, 7) is 1.25. The van der Waals surface area contributed by atoms with Gasteiger partial charge in [-0.3, -0.25) is 0 Å². The maximum Gasteiger partial charge on any atom is 0.478 e. The fourth-order valence-electron chi connectivity index (χ4n) is 1.28. The molecule has 0 aromatic carbocycles. The molecule has 1 aliphatic rings. The minimum Gasteiger partial charge on any atom is -0.302 e. The standard InChI is InChI=1S/C6H8F5O4P/c1-2-3-4(7)5(8,6(9,10)11)15-16(12,13)14-4/h2-3H2,1H3,(H,12,13). The molecule has 1 saturated heterocycles. The van der Waals surface area contributed by atoms with Crippen molar-refractivity contribution in [2.75, 3.05) is 0 Å². The van der Waals surface area contributed by atoms with Gasteiger partial charge in [-0.25, -0.2) is 18.0 Å². The highest BCUT2D eigenvalue weighted by Gasteiger charge is 2.80. The maximum atomic E-state index is 13.6. The highest BCUT2D eigenvalue weighted by Crippen LogP contribution is 2.67. The van der Waals surface area contributed by atoms with Crippen molar-refractivity contribution in [1.29, 1.82) is 0 Å². The van der Waals surface area contributed by atoms with Gasteiger partial charge in [0.2, 0.25) is 0 Å². The topological polar surface area (TPSA) is 55.8 Å². The molecule has 0 aromatic heterocycles. The molecule has 4 nitrogen and oxygen atoms in total. The molecule has 1 heterocycles. The van der Waals surface area contributed by atoms with Gasteiger partial charge in [-0.2, -0.15) is 17.6 Å². The molecule has 0 amide bonds. The number of phosphoric acid groups is 1. The zero-order valence-corrected chi connectivity index (χ0v) is 8.82. The zero-order chi connectivity index (χ0) is 12.8.